The second-order valence-corrected chi connectivity index (χ2v) is 4.84. The van der Waals surface area contributed by atoms with Gasteiger partial charge in [0, 0.05) is 11.4 Å². The number of pyridine rings is 1. The molecule has 1 aromatic heterocycles. The molecule has 2 aromatic rings. The molecule has 0 saturated heterocycles. The quantitative estimate of drug-likeness (QED) is 0.738. The summed E-state index contributed by atoms with van der Waals surface area (Å²) in [7, 11) is 0. The van der Waals surface area contributed by atoms with E-state index in [1.54, 1.807) is 0 Å². The lowest BCUT2D eigenvalue weighted by molar-refractivity contribution is 0.242. The summed E-state index contributed by atoms with van der Waals surface area (Å²) in [5.41, 5.74) is 7.47. The number of amides is 2. The molecule has 19 heavy (non-hydrogen) atoms. The molecule has 2 amide bonds. The van der Waals surface area contributed by atoms with Crippen molar-refractivity contribution in [3.8, 4) is 0 Å². The molecule has 5 nitrogen and oxygen atoms in total. The number of fused-ring (bicyclic) bond motifs is 1. The summed E-state index contributed by atoms with van der Waals surface area (Å²) < 4.78 is 0. The molecule has 1 aliphatic carbocycles. The van der Waals surface area contributed by atoms with Crippen LogP contribution in [0.25, 0.3) is 10.9 Å². The van der Waals surface area contributed by atoms with Crippen molar-refractivity contribution in [3.63, 3.8) is 0 Å². The summed E-state index contributed by atoms with van der Waals surface area (Å²) in [6.07, 6.45) is 2.14. The largest absolute Gasteiger partial charge is 0.334 e. The number of aromatic nitrogens is 1. The van der Waals surface area contributed by atoms with E-state index in [2.05, 4.69) is 21.2 Å². The molecule has 5 heteroatoms. The van der Waals surface area contributed by atoms with Gasteiger partial charge < -0.3 is 5.32 Å². The number of hydrogen-bond acceptors (Lipinski definition) is 3. The third kappa shape index (κ3) is 2.76. The van der Waals surface area contributed by atoms with E-state index in [1.807, 2.05) is 37.3 Å². The number of para-hydroxylation sites is 1. The van der Waals surface area contributed by atoms with Crippen LogP contribution in [0.15, 0.2) is 30.3 Å². The number of nitrogens with one attached hydrogen (secondary N) is 3. The van der Waals surface area contributed by atoms with Gasteiger partial charge in [0.15, 0.2) is 0 Å². The second kappa shape index (κ2) is 4.76. The zero-order chi connectivity index (χ0) is 13.2. The van der Waals surface area contributed by atoms with E-state index in [1.165, 1.54) is 0 Å². The Morgan fingerprint density at radius 1 is 1.32 bits per heavy atom. The van der Waals surface area contributed by atoms with Crippen molar-refractivity contribution in [2.75, 3.05) is 5.43 Å². The Kier molecular flexibility index (Phi) is 2.95. The fourth-order valence-corrected chi connectivity index (χ4v) is 1.98. The number of aryl methyl sites for hydroxylation is 1. The van der Waals surface area contributed by atoms with Gasteiger partial charge in [0.05, 0.1) is 5.52 Å². The zero-order valence-electron chi connectivity index (χ0n) is 10.7. The molecule has 0 unspecified atom stereocenters. The Bertz CT molecular complexity index is 622. The molecule has 98 valence electrons. The number of anilines is 1. The Labute approximate surface area is 111 Å². The SMILES string of the molecule is Cc1cc(NNC(=O)NC2CC2)nc2ccccc12. The molecule has 3 N–H and O–H groups in total. The summed E-state index contributed by atoms with van der Waals surface area (Å²) in [6, 6.07) is 9.98. The highest BCUT2D eigenvalue weighted by molar-refractivity contribution is 5.84. The molecule has 0 spiro atoms. The third-order valence-corrected chi connectivity index (χ3v) is 3.14. The van der Waals surface area contributed by atoms with Gasteiger partial charge in [-0.15, -0.1) is 0 Å². The highest BCUT2D eigenvalue weighted by atomic mass is 16.2. The molecule has 3 rings (SSSR count). The van der Waals surface area contributed by atoms with Gasteiger partial charge in [0.1, 0.15) is 5.82 Å². The van der Waals surface area contributed by atoms with Crippen LogP contribution >= 0.6 is 0 Å². The maximum absolute atomic E-state index is 11.5. The van der Waals surface area contributed by atoms with E-state index in [0.717, 1.165) is 29.3 Å². The Morgan fingerprint density at radius 3 is 2.89 bits per heavy atom. The van der Waals surface area contributed by atoms with Crippen LogP contribution in [0.3, 0.4) is 0 Å². The van der Waals surface area contributed by atoms with Gasteiger partial charge in [-0.1, -0.05) is 18.2 Å². The number of hydrogen-bond donors (Lipinski definition) is 3. The fourth-order valence-electron chi connectivity index (χ4n) is 1.98. The molecule has 1 aromatic carbocycles. The van der Waals surface area contributed by atoms with Crippen LogP contribution in [-0.2, 0) is 0 Å². The van der Waals surface area contributed by atoms with Crippen molar-refractivity contribution < 1.29 is 4.79 Å². The van der Waals surface area contributed by atoms with E-state index in [9.17, 15) is 4.79 Å². The van der Waals surface area contributed by atoms with Gasteiger partial charge in [-0.2, -0.15) is 0 Å². The van der Waals surface area contributed by atoms with Crippen LogP contribution in [0.4, 0.5) is 10.6 Å². The number of benzene rings is 1. The Morgan fingerprint density at radius 2 is 2.11 bits per heavy atom. The molecular weight excluding hydrogens is 240 g/mol. The summed E-state index contributed by atoms with van der Waals surface area (Å²) in [5.74, 6) is 0.641. The molecule has 0 aliphatic heterocycles. The van der Waals surface area contributed by atoms with Gasteiger partial charge in [0.25, 0.3) is 0 Å². The van der Waals surface area contributed by atoms with Crippen molar-refractivity contribution in [1.82, 2.24) is 15.7 Å². The molecule has 1 heterocycles. The minimum absolute atomic E-state index is 0.213. The first-order valence-corrected chi connectivity index (χ1v) is 6.41. The average Bonchev–Trinajstić information content (AvgIpc) is 3.20. The minimum Gasteiger partial charge on any atom is -0.334 e. The van der Waals surface area contributed by atoms with E-state index < -0.39 is 0 Å². The maximum Gasteiger partial charge on any atom is 0.333 e. The van der Waals surface area contributed by atoms with Crippen molar-refractivity contribution >= 4 is 22.8 Å². The second-order valence-electron chi connectivity index (χ2n) is 4.84. The van der Waals surface area contributed by atoms with Crippen LogP contribution in [0.5, 0.6) is 0 Å². The molecular formula is C14H16N4O. The fraction of sp³-hybridized carbons (Fsp3) is 0.286. The van der Waals surface area contributed by atoms with Crippen molar-refractivity contribution in [2.24, 2.45) is 0 Å². The number of urea groups is 1. The highest BCUT2D eigenvalue weighted by Gasteiger charge is 2.23. The number of rotatable bonds is 3. The molecule has 1 aliphatic rings. The van der Waals surface area contributed by atoms with Crippen LogP contribution < -0.4 is 16.2 Å². The topological polar surface area (TPSA) is 66.0 Å². The molecule has 0 bridgehead atoms. The highest BCUT2D eigenvalue weighted by Crippen LogP contribution is 2.19. The minimum atomic E-state index is -0.213. The van der Waals surface area contributed by atoms with Gasteiger partial charge in [-0.25, -0.2) is 9.78 Å². The molecule has 1 fully saturated rings. The summed E-state index contributed by atoms with van der Waals surface area (Å²) in [4.78, 5) is 16.0. The molecule has 1 saturated carbocycles. The lowest BCUT2D eigenvalue weighted by atomic mass is 10.1. The predicted octanol–water partition coefficient (Wildman–Crippen LogP) is 2.33. The number of carbonyl (C=O) groups excluding carboxylic acids is 1. The van der Waals surface area contributed by atoms with Gasteiger partial charge in [-0.05, 0) is 37.5 Å². The van der Waals surface area contributed by atoms with Crippen molar-refractivity contribution in [2.45, 2.75) is 25.8 Å². The summed E-state index contributed by atoms with van der Waals surface area (Å²) in [6.45, 7) is 2.03. The van der Waals surface area contributed by atoms with Crippen LogP contribution in [0.2, 0.25) is 0 Å². The van der Waals surface area contributed by atoms with Crippen molar-refractivity contribution in [1.29, 1.82) is 0 Å². The molecule has 0 atom stereocenters. The Balaban J connectivity index is 1.71. The van der Waals surface area contributed by atoms with Gasteiger partial charge in [-0.3, -0.25) is 10.9 Å². The standard InChI is InChI=1S/C14H16N4O/c1-9-8-13(16-12-5-3-2-4-11(9)12)17-18-14(19)15-10-6-7-10/h2-5,8,10H,6-7H2,1H3,(H,16,17)(H2,15,18,19). The average molecular weight is 256 g/mol. The lowest BCUT2D eigenvalue weighted by Gasteiger charge is -2.10. The van der Waals surface area contributed by atoms with E-state index in [0.29, 0.717) is 11.9 Å². The number of nitrogens with zero attached hydrogens (tertiary/aromatic N) is 1. The lowest BCUT2D eigenvalue weighted by Crippen LogP contribution is -2.40. The zero-order valence-corrected chi connectivity index (χ0v) is 10.7. The van der Waals surface area contributed by atoms with E-state index in [-0.39, 0.29) is 6.03 Å². The van der Waals surface area contributed by atoms with E-state index >= 15 is 0 Å². The van der Waals surface area contributed by atoms with Crippen LogP contribution in [-0.4, -0.2) is 17.1 Å². The van der Waals surface area contributed by atoms with Gasteiger partial charge >= 0.3 is 6.03 Å². The first-order valence-electron chi connectivity index (χ1n) is 6.41. The maximum atomic E-state index is 11.5. The third-order valence-electron chi connectivity index (χ3n) is 3.14. The van der Waals surface area contributed by atoms with Gasteiger partial charge in [0.2, 0.25) is 0 Å². The van der Waals surface area contributed by atoms with E-state index in [4.69, 9.17) is 0 Å². The first kappa shape index (κ1) is 11.8. The van der Waals surface area contributed by atoms with Crippen molar-refractivity contribution in [3.05, 3.63) is 35.9 Å². The number of hydrazine groups is 1. The Hall–Kier alpha value is -2.30. The first-order chi connectivity index (χ1) is 9.22. The van der Waals surface area contributed by atoms with Crippen LogP contribution in [0, 0.1) is 6.92 Å². The predicted molar refractivity (Wildman–Crippen MR) is 74.8 cm³/mol. The normalized spacial score (nSPS) is 14.2. The molecule has 0 radical (unpaired) electrons. The summed E-state index contributed by atoms with van der Waals surface area (Å²) in [5, 5.41) is 3.96. The number of carbonyl (C=O) groups is 1. The van der Waals surface area contributed by atoms with Crippen LogP contribution in [0.1, 0.15) is 18.4 Å². The summed E-state index contributed by atoms with van der Waals surface area (Å²) >= 11 is 0. The monoisotopic (exact) mass is 256 g/mol. The smallest absolute Gasteiger partial charge is 0.333 e.